The minimum absolute atomic E-state index is 0.0975. The number of ether oxygens (including phenoxy) is 2. The number of carbonyl (C=O) groups excluding carboxylic acids is 2. The molecule has 0 aromatic heterocycles. The van der Waals surface area contributed by atoms with Crippen molar-refractivity contribution in [2.45, 2.75) is 19.3 Å². The lowest BCUT2D eigenvalue weighted by atomic mass is 10.1. The summed E-state index contributed by atoms with van der Waals surface area (Å²) in [6.07, 6.45) is 1.90. The molecule has 0 unspecified atom stereocenters. The number of carbonyl (C=O) groups is 2. The van der Waals surface area contributed by atoms with E-state index in [0.29, 0.717) is 36.4 Å². The second-order valence-corrected chi connectivity index (χ2v) is 6.35. The molecule has 2 aromatic carbocycles. The van der Waals surface area contributed by atoms with E-state index < -0.39 is 0 Å². The standard InChI is InChI=1S/C21H24N2O4/c1-26-18-10-9-16(14-19(18)27-2)21(25)22-12-5-8-20(24)23-13-11-15-6-3-4-7-17(15)23/h3-4,6-7,9-10,14H,5,8,11-13H2,1-2H3,(H,22,25). The maximum atomic E-state index is 12.5. The first-order valence-electron chi connectivity index (χ1n) is 9.02. The van der Waals surface area contributed by atoms with Gasteiger partial charge in [-0.05, 0) is 42.7 Å². The van der Waals surface area contributed by atoms with Gasteiger partial charge in [0.25, 0.3) is 5.91 Å². The molecule has 1 aliphatic heterocycles. The fraction of sp³-hybridized carbons (Fsp3) is 0.333. The van der Waals surface area contributed by atoms with Crippen LogP contribution in [-0.2, 0) is 11.2 Å². The average Bonchev–Trinajstić information content (AvgIpc) is 3.14. The highest BCUT2D eigenvalue weighted by molar-refractivity contribution is 5.96. The first-order valence-corrected chi connectivity index (χ1v) is 9.02. The average molecular weight is 368 g/mol. The summed E-state index contributed by atoms with van der Waals surface area (Å²) in [6.45, 7) is 1.17. The van der Waals surface area contributed by atoms with Gasteiger partial charge in [0.05, 0.1) is 14.2 Å². The molecule has 1 N–H and O–H groups in total. The predicted octanol–water partition coefficient (Wildman–Crippen LogP) is 2.80. The number of benzene rings is 2. The zero-order valence-corrected chi connectivity index (χ0v) is 15.7. The summed E-state index contributed by atoms with van der Waals surface area (Å²) in [7, 11) is 3.08. The molecule has 0 fully saturated rings. The summed E-state index contributed by atoms with van der Waals surface area (Å²) >= 11 is 0. The number of hydrogen-bond donors (Lipinski definition) is 1. The quantitative estimate of drug-likeness (QED) is 0.763. The van der Waals surface area contributed by atoms with Gasteiger partial charge < -0.3 is 19.7 Å². The molecule has 0 saturated heterocycles. The van der Waals surface area contributed by atoms with Crippen LogP contribution in [0.25, 0.3) is 0 Å². The van der Waals surface area contributed by atoms with Crippen molar-refractivity contribution in [1.29, 1.82) is 0 Å². The Morgan fingerprint density at radius 2 is 1.85 bits per heavy atom. The number of amides is 2. The minimum atomic E-state index is -0.199. The Hall–Kier alpha value is -3.02. The summed E-state index contributed by atoms with van der Waals surface area (Å²) < 4.78 is 10.4. The summed E-state index contributed by atoms with van der Waals surface area (Å²) in [5.74, 6) is 0.980. The van der Waals surface area contributed by atoms with Crippen LogP contribution in [-0.4, -0.2) is 39.1 Å². The van der Waals surface area contributed by atoms with Gasteiger partial charge in [-0.3, -0.25) is 9.59 Å². The molecule has 2 amide bonds. The number of nitrogens with zero attached hydrogens (tertiary/aromatic N) is 1. The number of rotatable bonds is 7. The summed E-state index contributed by atoms with van der Waals surface area (Å²) in [6, 6.07) is 13.0. The van der Waals surface area contributed by atoms with Crippen LogP contribution in [0.3, 0.4) is 0 Å². The second-order valence-electron chi connectivity index (χ2n) is 6.35. The van der Waals surface area contributed by atoms with Crippen LogP contribution < -0.4 is 19.7 Å². The van der Waals surface area contributed by atoms with Crippen molar-refractivity contribution < 1.29 is 19.1 Å². The number of methoxy groups -OCH3 is 2. The lowest BCUT2D eigenvalue weighted by Gasteiger charge is -2.17. The van der Waals surface area contributed by atoms with Gasteiger partial charge in [-0.25, -0.2) is 0 Å². The summed E-state index contributed by atoms with van der Waals surface area (Å²) in [5.41, 5.74) is 2.72. The zero-order valence-electron chi connectivity index (χ0n) is 15.7. The molecule has 0 spiro atoms. The Bertz CT molecular complexity index is 835. The lowest BCUT2D eigenvalue weighted by molar-refractivity contribution is -0.118. The largest absolute Gasteiger partial charge is 0.493 e. The number of fused-ring (bicyclic) bond motifs is 1. The van der Waals surface area contributed by atoms with Crippen molar-refractivity contribution in [3.05, 3.63) is 53.6 Å². The van der Waals surface area contributed by atoms with Crippen LogP contribution in [0, 0.1) is 0 Å². The van der Waals surface area contributed by atoms with Crippen molar-refractivity contribution in [2.75, 3.05) is 32.2 Å². The minimum Gasteiger partial charge on any atom is -0.493 e. The maximum absolute atomic E-state index is 12.5. The van der Waals surface area contributed by atoms with E-state index in [4.69, 9.17) is 9.47 Å². The normalized spacial score (nSPS) is 12.4. The Morgan fingerprint density at radius 3 is 2.63 bits per heavy atom. The van der Waals surface area contributed by atoms with Gasteiger partial charge >= 0.3 is 0 Å². The Balaban J connectivity index is 1.48. The highest BCUT2D eigenvalue weighted by atomic mass is 16.5. The molecule has 6 nitrogen and oxygen atoms in total. The van der Waals surface area contributed by atoms with Crippen molar-refractivity contribution in [3.8, 4) is 11.5 Å². The van der Waals surface area contributed by atoms with E-state index in [1.54, 1.807) is 25.3 Å². The number of hydrogen-bond acceptors (Lipinski definition) is 4. The van der Waals surface area contributed by atoms with Gasteiger partial charge in [0.1, 0.15) is 0 Å². The van der Waals surface area contributed by atoms with E-state index in [1.807, 2.05) is 23.1 Å². The predicted molar refractivity (Wildman–Crippen MR) is 104 cm³/mol. The zero-order chi connectivity index (χ0) is 19.2. The van der Waals surface area contributed by atoms with E-state index in [2.05, 4.69) is 11.4 Å². The van der Waals surface area contributed by atoms with Gasteiger partial charge in [0.2, 0.25) is 5.91 Å². The van der Waals surface area contributed by atoms with Gasteiger partial charge in [0.15, 0.2) is 11.5 Å². The van der Waals surface area contributed by atoms with E-state index in [9.17, 15) is 9.59 Å². The molecule has 142 valence electrons. The van der Waals surface area contributed by atoms with Gasteiger partial charge in [-0.2, -0.15) is 0 Å². The van der Waals surface area contributed by atoms with Gasteiger partial charge in [-0.1, -0.05) is 18.2 Å². The highest BCUT2D eigenvalue weighted by Gasteiger charge is 2.23. The van der Waals surface area contributed by atoms with E-state index in [1.165, 1.54) is 12.7 Å². The molecule has 1 aliphatic rings. The lowest BCUT2D eigenvalue weighted by Crippen LogP contribution is -2.30. The molecule has 0 saturated carbocycles. The molecule has 2 aromatic rings. The summed E-state index contributed by atoms with van der Waals surface area (Å²) in [5, 5.41) is 2.85. The van der Waals surface area contributed by atoms with Gasteiger partial charge in [-0.15, -0.1) is 0 Å². The van der Waals surface area contributed by atoms with Crippen LogP contribution in [0.1, 0.15) is 28.8 Å². The topological polar surface area (TPSA) is 67.9 Å². The van der Waals surface area contributed by atoms with E-state index in [-0.39, 0.29) is 11.8 Å². The second kappa shape index (κ2) is 8.58. The monoisotopic (exact) mass is 368 g/mol. The first kappa shape index (κ1) is 18.8. The van der Waals surface area contributed by atoms with E-state index in [0.717, 1.165) is 18.7 Å². The smallest absolute Gasteiger partial charge is 0.251 e. The van der Waals surface area contributed by atoms with Crippen LogP contribution >= 0.6 is 0 Å². The Kier molecular flexibility index (Phi) is 5.96. The first-order chi connectivity index (χ1) is 13.1. The van der Waals surface area contributed by atoms with Crippen molar-refractivity contribution in [1.82, 2.24) is 5.32 Å². The summed E-state index contributed by atoms with van der Waals surface area (Å²) in [4.78, 5) is 26.6. The van der Waals surface area contributed by atoms with Gasteiger partial charge in [0, 0.05) is 30.8 Å². The Labute approximate surface area is 159 Å². The highest BCUT2D eigenvalue weighted by Crippen LogP contribution is 2.28. The molecule has 0 bridgehead atoms. The fourth-order valence-electron chi connectivity index (χ4n) is 3.25. The number of nitrogens with one attached hydrogen (secondary N) is 1. The molecule has 0 aliphatic carbocycles. The third kappa shape index (κ3) is 4.22. The maximum Gasteiger partial charge on any atom is 0.251 e. The Morgan fingerprint density at radius 1 is 1.07 bits per heavy atom. The van der Waals surface area contributed by atoms with Crippen LogP contribution in [0.2, 0.25) is 0 Å². The van der Waals surface area contributed by atoms with Crippen LogP contribution in [0.15, 0.2) is 42.5 Å². The number of anilines is 1. The third-order valence-electron chi connectivity index (χ3n) is 4.69. The molecular formula is C21H24N2O4. The third-order valence-corrected chi connectivity index (χ3v) is 4.69. The molecule has 27 heavy (non-hydrogen) atoms. The van der Waals surface area contributed by atoms with E-state index >= 15 is 0 Å². The van der Waals surface area contributed by atoms with Crippen molar-refractivity contribution >= 4 is 17.5 Å². The molecule has 1 heterocycles. The fourth-order valence-corrected chi connectivity index (χ4v) is 3.25. The van der Waals surface area contributed by atoms with Crippen LogP contribution in [0.4, 0.5) is 5.69 Å². The van der Waals surface area contributed by atoms with Crippen molar-refractivity contribution in [2.24, 2.45) is 0 Å². The molecule has 0 atom stereocenters. The van der Waals surface area contributed by atoms with Crippen molar-refractivity contribution in [3.63, 3.8) is 0 Å². The molecular weight excluding hydrogens is 344 g/mol. The molecule has 6 heteroatoms. The number of para-hydroxylation sites is 1. The van der Waals surface area contributed by atoms with Crippen LogP contribution in [0.5, 0.6) is 11.5 Å². The molecule has 3 rings (SSSR count). The SMILES string of the molecule is COc1ccc(C(=O)NCCCC(=O)N2CCc3ccccc32)cc1OC. The molecule has 0 radical (unpaired) electrons.